The Morgan fingerprint density at radius 1 is 1.12 bits per heavy atom. The number of para-hydroxylation sites is 1. The number of aromatic nitrogens is 1. The third kappa shape index (κ3) is 2.54. The summed E-state index contributed by atoms with van der Waals surface area (Å²) in [7, 11) is 0. The second-order valence-corrected chi connectivity index (χ2v) is 5.75. The molecule has 5 nitrogen and oxygen atoms in total. The summed E-state index contributed by atoms with van der Waals surface area (Å²) in [5.41, 5.74) is 3.13. The van der Waals surface area contributed by atoms with Crippen molar-refractivity contribution in [3.63, 3.8) is 0 Å². The molecule has 0 fully saturated rings. The van der Waals surface area contributed by atoms with E-state index < -0.39 is 6.10 Å². The highest BCUT2D eigenvalue weighted by Gasteiger charge is 2.30. The molecule has 0 bridgehead atoms. The Kier molecular flexibility index (Phi) is 3.54. The summed E-state index contributed by atoms with van der Waals surface area (Å²) in [6, 6.07) is 17.3. The van der Waals surface area contributed by atoms with Crippen molar-refractivity contribution in [1.82, 2.24) is 5.16 Å². The van der Waals surface area contributed by atoms with Gasteiger partial charge in [0.05, 0.1) is 0 Å². The summed E-state index contributed by atoms with van der Waals surface area (Å²) < 4.78 is 11.1. The van der Waals surface area contributed by atoms with Gasteiger partial charge in [-0.25, -0.2) is 0 Å². The molecule has 0 saturated carbocycles. The zero-order valence-electron chi connectivity index (χ0n) is 13.2. The van der Waals surface area contributed by atoms with Crippen LogP contribution >= 0.6 is 0 Å². The summed E-state index contributed by atoms with van der Waals surface area (Å²) in [6.45, 7) is 1.80. The van der Waals surface area contributed by atoms with Crippen LogP contribution in [0.5, 0.6) is 5.75 Å². The number of benzene rings is 2. The Morgan fingerprint density at radius 2 is 1.88 bits per heavy atom. The van der Waals surface area contributed by atoms with E-state index in [0.717, 1.165) is 16.9 Å². The number of hydrogen-bond donors (Lipinski definition) is 1. The SMILES string of the molecule is Cc1noc(-c2ccccc2)c1NC(=O)C1Cc2ccccc2O1. The highest BCUT2D eigenvalue weighted by atomic mass is 16.5. The number of carbonyl (C=O) groups is 1. The number of aryl methyl sites for hydroxylation is 1. The van der Waals surface area contributed by atoms with E-state index in [0.29, 0.717) is 23.6 Å². The van der Waals surface area contributed by atoms with Crippen molar-refractivity contribution in [2.45, 2.75) is 19.4 Å². The van der Waals surface area contributed by atoms with Crippen LogP contribution in [0.2, 0.25) is 0 Å². The largest absolute Gasteiger partial charge is 0.480 e. The highest BCUT2D eigenvalue weighted by Crippen LogP contribution is 2.32. The Bertz CT molecular complexity index is 862. The Morgan fingerprint density at radius 3 is 2.67 bits per heavy atom. The molecule has 2 heterocycles. The minimum absolute atomic E-state index is 0.199. The van der Waals surface area contributed by atoms with Crippen molar-refractivity contribution < 1.29 is 14.1 Å². The number of ether oxygens (including phenoxy) is 1. The molecule has 1 atom stereocenters. The minimum atomic E-state index is -0.541. The molecule has 1 unspecified atom stereocenters. The second-order valence-electron chi connectivity index (χ2n) is 5.75. The molecule has 4 rings (SSSR count). The van der Waals surface area contributed by atoms with Crippen LogP contribution in [-0.2, 0) is 11.2 Å². The van der Waals surface area contributed by atoms with E-state index in [4.69, 9.17) is 9.26 Å². The van der Waals surface area contributed by atoms with E-state index in [-0.39, 0.29) is 5.91 Å². The van der Waals surface area contributed by atoms with Crippen LogP contribution in [0.25, 0.3) is 11.3 Å². The summed E-state index contributed by atoms with van der Waals surface area (Å²) >= 11 is 0. The van der Waals surface area contributed by atoms with Gasteiger partial charge in [-0.15, -0.1) is 0 Å². The molecule has 1 aliphatic heterocycles. The highest BCUT2D eigenvalue weighted by molar-refractivity contribution is 5.98. The fourth-order valence-corrected chi connectivity index (χ4v) is 2.84. The summed E-state index contributed by atoms with van der Waals surface area (Å²) in [5.74, 6) is 1.12. The van der Waals surface area contributed by atoms with E-state index in [1.165, 1.54) is 0 Å². The minimum Gasteiger partial charge on any atom is -0.480 e. The molecule has 0 saturated heterocycles. The first-order valence-electron chi connectivity index (χ1n) is 7.79. The van der Waals surface area contributed by atoms with Gasteiger partial charge < -0.3 is 14.6 Å². The molecule has 1 aromatic heterocycles. The molecule has 1 aliphatic rings. The standard InChI is InChI=1S/C19H16N2O3/c1-12-17(18(24-21-12)13-7-3-2-4-8-13)20-19(22)16-11-14-9-5-6-10-15(14)23-16/h2-10,16H,11H2,1H3,(H,20,22). The Hall–Kier alpha value is -3.08. The Balaban J connectivity index is 1.57. The van der Waals surface area contributed by atoms with Gasteiger partial charge in [0.15, 0.2) is 11.9 Å². The maximum absolute atomic E-state index is 12.6. The van der Waals surface area contributed by atoms with E-state index in [9.17, 15) is 4.79 Å². The fraction of sp³-hybridized carbons (Fsp3) is 0.158. The summed E-state index contributed by atoms with van der Waals surface area (Å²) in [4.78, 5) is 12.6. The number of rotatable bonds is 3. The van der Waals surface area contributed by atoms with Crippen molar-refractivity contribution >= 4 is 11.6 Å². The van der Waals surface area contributed by atoms with E-state index in [1.807, 2.05) is 54.6 Å². The number of fused-ring (bicyclic) bond motifs is 1. The zero-order chi connectivity index (χ0) is 16.5. The maximum Gasteiger partial charge on any atom is 0.265 e. The first-order chi connectivity index (χ1) is 11.7. The third-order valence-corrected chi connectivity index (χ3v) is 4.09. The number of carbonyl (C=O) groups excluding carboxylic acids is 1. The first kappa shape index (κ1) is 14.5. The molecule has 3 aromatic rings. The molecule has 1 N–H and O–H groups in total. The molecule has 1 amide bonds. The van der Waals surface area contributed by atoms with Crippen molar-refractivity contribution in [2.24, 2.45) is 0 Å². The van der Waals surface area contributed by atoms with Gasteiger partial charge in [-0.2, -0.15) is 0 Å². The molecule has 0 spiro atoms. The lowest BCUT2D eigenvalue weighted by Crippen LogP contribution is -2.31. The van der Waals surface area contributed by atoms with Crippen molar-refractivity contribution in [3.05, 3.63) is 65.9 Å². The van der Waals surface area contributed by atoms with Crippen LogP contribution in [0.4, 0.5) is 5.69 Å². The maximum atomic E-state index is 12.6. The lowest BCUT2D eigenvalue weighted by molar-refractivity contribution is -0.122. The van der Waals surface area contributed by atoms with Crippen molar-refractivity contribution in [3.8, 4) is 17.1 Å². The molecule has 24 heavy (non-hydrogen) atoms. The predicted molar refractivity (Wildman–Crippen MR) is 89.9 cm³/mol. The van der Waals surface area contributed by atoms with E-state index in [1.54, 1.807) is 6.92 Å². The molecule has 0 aliphatic carbocycles. The van der Waals surface area contributed by atoms with Crippen LogP contribution in [0.1, 0.15) is 11.3 Å². The molecule has 5 heteroatoms. The number of hydrogen-bond acceptors (Lipinski definition) is 4. The van der Waals surface area contributed by atoms with Crippen LogP contribution in [-0.4, -0.2) is 17.2 Å². The first-order valence-corrected chi connectivity index (χ1v) is 7.79. The quantitative estimate of drug-likeness (QED) is 0.801. The topological polar surface area (TPSA) is 64.4 Å². The Labute approximate surface area is 139 Å². The van der Waals surface area contributed by atoms with Gasteiger partial charge in [0.1, 0.15) is 17.1 Å². The van der Waals surface area contributed by atoms with Gasteiger partial charge in [-0.3, -0.25) is 4.79 Å². The van der Waals surface area contributed by atoms with Gasteiger partial charge in [0.25, 0.3) is 5.91 Å². The summed E-state index contributed by atoms with van der Waals surface area (Å²) in [5, 5.41) is 6.90. The van der Waals surface area contributed by atoms with Crippen LogP contribution < -0.4 is 10.1 Å². The van der Waals surface area contributed by atoms with E-state index >= 15 is 0 Å². The van der Waals surface area contributed by atoms with Gasteiger partial charge in [-0.1, -0.05) is 53.7 Å². The average Bonchev–Trinajstić information content (AvgIpc) is 3.20. The van der Waals surface area contributed by atoms with Crippen molar-refractivity contribution in [2.75, 3.05) is 5.32 Å². The molecular weight excluding hydrogens is 304 g/mol. The average molecular weight is 320 g/mol. The van der Waals surface area contributed by atoms with Crippen LogP contribution in [0.15, 0.2) is 59.1 Å². The monoisotopic (exact) mass is 320 g/mol. The van der Waals surface area contributed by atoms with Crippen molar-refractivity contribution in [1.29, 1.82) is 0 Å². The molecule has 2 aromatic carbocycles. The smallest absolute Gasteiger partial charge is 0.265 e. The summed E-state index contributed by atoms with van der Waals surface area (Å²) in [6.07, 6.45) is 0.0211. The lowest BCUT2D eigenvalue weighted by atomic mass is 10.1. The molecule has 0 radical (unpaired) electrons. The molecular formula is C19H16N2O3. The number of nitrogens with zero attached hydrogens (tertiary/aromatic N) is 1. The normalized spacial score (nSPS) is 15.6. The third-order valence-electron chi connectivity index (χ3n) is 4.09. The number of anilines is 1. The van der Waals surface area contributed by atoms with Crippen LogP contribution in [0.3, 0.4) is 0 Å². The second kappa shape index (κ2) is 5.85. The van der Waals surface area contributed by atoms with Gasteiger partial charge in [0.2, 0.25) is 0 Å². The fourth-order valence-electron chi connectivity index (χ4n) is 2.84. The van der Waals surface area contributed by atoms with Crippen LogP contribution in [0, 0.1) is 6.92 Å². The zero-order valence-corrected chi connectivity index (χ0v) is 13.2. The predicted octanol–water partition coefficient (Wildman–Crippen LogP) is 3.59. The van der Waals surface area contributed by atoms with E-state index in [2.05, 4.69) is 10.5 Å². The van der Waals surface area contributed by atoms with Gasteiger partial charge >= 0.3 is 0 Å². The number of amides is 1. The molecule has 120 valence electrons. The van der Waals surface area contributed by atoms with Gasteiger partial charge in [0, 0.05) is 12.0 Å². The van der Waals surface area contributed by atoms with Gasteiger partial charge in [-0.05, 0) is 18.6 Å². The number of nitrogens with one attached hydrogen (secondary N) is 1. The lowest BCUT2D eigenvalue weighted by Gasteiger charge is -2.11.